The van der Waals surface area contributed by atoms with Crippen molar-refractivity contribution in [2.45, 2.75) is 0 Å². The van der Waals surface area contributed by atoms with E-state index in [9.17, 15) is 0 Å². The van der Waals surface area contributed by atoms with Crippen LogP contribution in [0.15, 0.2) is 152 Å². The fraction of sp³-hybridized carbons (Fsp3) is 0. The van der Waals surface area contributed by atoms with Crippen molar-refractivity contribution in [3.63, 3.8) is 0 Å². The van der Waals surface area contributed by atoms with Gasteiger partial charge in [-0.3, -0.25) is 0 Å². The number of aromatic nitrogens is 2. The van der Waals surface area contributed by atoms with E-state index in [0.717, 1.165) is 11.4 Å². The van der Waals surface area contributed by atoms with Crippen LogP contribution in [-0.2, 0) is 0 Å². The predicted octanol–water partition coefficient (Wildman–Crippen LogP) is 12.0. The molecule has 4 heterocycles. The van der Waals surface area contributed by atoms with E-state index in [2.05, 4.69) is 166 Å². The molecule has 1 aliphatic heterocycles. The first-order chi connectivity index (χ1) is 22.8. The summed E-state index contributed by atoms with van der Waals surface area (Å²) < 4.78 is 7.55. The molecule has 7 aromatic carbocycles. The lowest BCUT2D eigenvalue weighted by molar-refractivity contribution is 1.11. The maximum atomic E-state index is 2.49. The highest BCUT2D eigenvalue weighted by atomic mass is 32.1. The zero-order valence-corrected chi connectivity index (χ0v) is 25.5. The number of hydrogen-bond acceptors (Lipinski definition) is 2. The molecule has 46 heavy (non-hydrogen) atoms. The van der Waals surface area contributed by atoms with Gasteiger partial charge in [-0.15, -0.1) is 11.3 Å². The van der Waals surface area contributed by atoms with Crippen molar-refractivity contribution < 1.29 is 0 Å². The van der Waals surface area contributed by atoms with Crippen LogP contribution >= 0.6 is 11.3 Å². The number of anilines is 3. The first kappa shape index (κ1) is 24.5. The third-order valence-corrected chi connectivity index (χ3v) is 10.9. The second-order valence-corrected chi connectivity index (χ2v) is 13.3. The van der Waals surface area contributed by atoms with Gasteiger partial charge in [-0.25, -0.2) is 0 Å². The van der Waals surface area contributed by atoms with Gasteiger partial charge in [0.25, 0.3) is 0 Å². The van der Waals surface area contributed by atoms with E-state index in [1.54, 1.807) is 0 Å². The number of hydrogen-bond donors (Lipinski definition) is 0. The maximum absolute atomic E-state index is 2.49. The number of fused-ring (bicyclic) bond motifs is 11. The molecule has 3 nitrogen and oxygen atoms in total. The molecule has 0 unspecified atom stereocenters. The number of para-hydroxylation sites is 5. The second-order valence-electron chi connectivity index (χ2n) is 12.2. The molecule has 0 fully saturated rings. The van der Waals surface area contributed by atoms with E-state index in [1.807, 2.05) is 11.3 Å². The molecule has 0 bridgehead atoms. The summed E-state index contributed by atoms with van der Waals surface area (Å²) in [7, 11) is 0. The Morgan fingerprint density at radius 3 is 1.74 bits per heavy atom. The molecule has 4 heteroatoms. The standard InChI is InChI=1S/C42H25N3S/c1-4-14-34-28(10-1)29-11-2-5-15-35(29)43(34)26-20-22-27(23-21-26)44-36-16-6-7-17-37(36)45-39-24-33-30-12-3-8-19-40(30)46-41(33)25-32(39)31-13-9-18-38(44)42(31)45/h1-25H. The van der Waals surface area contributed by atoms with E-state index >= 15 is 0 Å². The zero-order valence-electron chi connectivity index (χ0n) is 24.7. The minimum Gasteiger partial charge on any atom is -0.309 e. The Morgan fingerprint density at radius 1 is 0.348 bits per heavy atom. The van der Waals surface area contributed by atoms with Gasteiger partial charge in [0.1, 0.15) is 0 Å². The van der Waals surface area contributed by atoms with E-state index in [0.29, 0.717) is 0 Å². The smallest absolute Gasteiger partial charge is 0.0783 e. The lowest BCUT2D eigenvalue weighted by atomic mass is 10.1. The fourth-order valence-electron chi connectivity index (χ4n) is 7.90. The second kappa shape index (κ2) is 8.87. The molecule has 0 saturated carbocycles. The Morgan fingerprint density at radius 2 is 0.957 bits per heavy atom. The van der Waals surface area contributed by atoms with Crippen molar-refractivity contribution in [2.75, 3.05) is 4.90 Å². The van der Waals surface area contributed by atoms with Gasteiger partial charge >= 0.3 is 0 Å². The normalized spacial score (nSPS) is 12.7. The summed E-state index contributed by atoms with van der Waals surface area (Å²) in [5.41, 5.74) is 10.8. The lowest BCUT2D eigenvalue weighted by Crippen LogP contribution is -2.18. The van der Waals surface area contributed by atoms with Crippen LogP contribution < -0.4 is 4.90 Å². The zero-order chi connectivity index (χ0) is 29.9. The molecule has 0 saturated heterocycles. The highest BCUT2D eigenvalue weighted by Crippen LogP contribution is 2.51. The van der Waals surface area contributed by atoms with Crippen LogP contribution in [0.5, 0.6) is 0 Å². The van der Waals surface area contributed by atoms with E-state index in [1.165, 1.54) is 80.8 Å². The van der Waals surface area contributed by atoms with Crippen LogP contribution in [0, 0.1) is 0 Å². The van der Waals surface area contributed by atoms with Crippen LogP contribution in [0.1, 0.15) is 0 Å². The van der Waals surface area contributed by atoms with Crippen molar-refractivity contribution >= 4 is 92.2 Å². The summed E-state index contributed by atoms with van der Waals surface area (Å²) in [6.45, 7) is 0. The minimum atomic E-state index is 1.15. The highest BCUT2D eigenvalue weighted by Gasteiger charge is 2.28. The van der Waals surface area contributed by atoms with Gasteiger partial charge in [0.15, 0.2) is 0 Å². The van der Waals surface area contributed by atoms with E-state index < -0.39 is 0 Å². The summed E-state index contributed by atoms with van der Waals surface area (Å²) in [6, 6.07) is 55.7. The number of thiophene rings is 1. The first-order valence-electron chi connectivity index (χ1n) is 15.7. The Bertz CT molecular complexity index is 2810. The first-order valence-corrected chi connectivity index (χ1v) is 16.5. The van der Waals surface area contributed by atoms with Crippen LogP contribution in [-0.4, -0.2) is 9.13 Å². The van der Waals surface area contributed by atoms with Crippen LogP contribution in [0.3, 0.4) is 0 Å². The van der Waals surface area contributed by atoms with E-state index in [-0.39, 0.29) is 0 Å². The predicted molar refractivity (Wildman–Crippen MR) is 196 cm³/mol. The number of rotatable bonds is 2. The van der Waals surface area contributed by atoms with Crippen LogP contribution in [0.25, 0.3) is 75.2 Å². The van der Waals surface area contributed by atoms with E-state index in [4.69, 9.17) is 0 Å². The van der Waals surface area contributed by atoms with Crippen molar-refractivity contribution in [3.8, 4) is 11.4 Å². The van der Waals surface area contributed by atoms with Crippen LogP contribution in [0.4, 0.5) is 17.1 Å². The molecule has 0 spiro atoms. The van der Waals surface area contributed by atoms with Gasteiger partial charge in [-0.2, -0.15) is 0 Å². The van der Waals surface area contributed by atoms with Gasteiger partial charge in [0.05, 0.1) is 39.1 Å². The number of benzene rings is 7. The Balaban J connectivity index is 1.15. The van der Waals surface area contributed by atoms with Gasteiger partial charge in [-0.05, 0) is 72.8 Å². The van der Waals surface area contributed by atoms with Gasteiger partial charge in [-0.1, -0.05) is 78.9 Å². The molecular weight excluding hydrogens is 579 g/mol. The molecule has 0 amide bonds. The molecule has 0 N–H and O–H groups in total. The van der Waals surface area contributed by atoms with Gasteiger partial charge in [0, 0.05) is 53.1 Å². The average molecular weight is 604 g/mol. The topological polar surface area (TPSA) is 13.1 Å². The summed E-state index contributed by atoms with van der Waals surface area (Å²) in [5, 5.41) is 7.80. The number of nitrogens with zero attached hydrogens (tertiary/aromatic N) is 3. The molecule has 11 rings (SSSR count). The Hall–Kier alpha value is -5.84. The summed E-state index contributed by atoms with van der Waals surface area (Å²) >= 11 is 1.88. The summed E-state index contributed by atoms with van der Waals surface area (Å²) in [4.78, 5) is 2.43. The molecule has 0 atom stereocenters. The summed E-state index contributed by atoms with van der Waals surface area (Å²) in [6.07, 6.45) is 0. The van der Waals surface area contributed by atoms with Crippen molar-refractivity contribution in [1.82, 2.24) is 9.13 Å². The molecule has 0 radical (unpaired) electrons. The largest absolute Gasteiger partial charge is 0.309 e. The lowest BCUT2D eigenvalue weighted by Gasteiger charge is -2.33. The SMILES string of the molecule is c1ccc2c(c1)N(c1ccc(-n3c4ccccc4c4ccccc43)cc1)c1cccc3c4cc5sc6ccccc6c5cc4n-2c13. The maximum Gasteiger partial charge on any atom is 0.0783 e. The quantitative estimate of drug-likeness (QED) is 0.192. The molecular formula is C42H25N3S. The molecule has 0 aliphatic carbocycles. The molecule has 1 aliphatic rings. The van der Waals surface area contributed by atoms with Crippen molar-refractivity contribution in [2.24, 2.45) is 0 Å². The fourth-order valence-corrected chi connectivity index (χ4v) is 9.02. The van der Waals surface area contributed by atoms with Crippen LogP contribution in [0.2, 0.25) is 0 Å². The highest BCUT2D eigenvalue weighted by molar-refractivity contribution is 7.25. The minimum absolute atomic E-state index is 1.15. The molecule has 3 aromatic heterocycles. The summed E-state index contributed by atoms with van der Waals surface area (Å²) in [5.74, 6) is 0. The Labute approximate surface area is 268 Å². The monoisotopic (exact) mass is 603 g/mol. The average Bonchev–Trinajstić information content (AvgIpc) is 3.76. The third-order valence-electron chi connectivity index (χ3n) is 9.82. The van der Waals surface area contributed by atoms with Gasteiger partial charge < -0.3 is 14.0 Å². The molecule has 214 valence electrons. The van der Waals surface area contributed by atoms with Gasteiger partial charge in [0.2, 0.25) is 0 Å². The molecule has 10 aromatic rings. The third kappa shape index (κ3) is 3.11. The van der Waals surface area contributed by atoms with Crippen molar-refractivity contribution in [3.05, 3.63) is 152 Å². The Kier molecular flexibility index (Phi) is 4.72. The van der Waals surface area contributed by atoms with Crippen molar-refractivity contribution in [1.29, 1.82) is 0 Å².